The molecule has 0 spiro atoms. The van der Waals surface area contributed by atoms with Gasteiger partial charge in [0, 0.05) is 10.6 Å². The van der Waals surface area contributed by atoms with Crippen molar-refractivity contribution in [2.75, 3.05) is 0 Å². The van der Waals surface area contributed by atoms with Crippen LogP contribution in [-0.2, 0) is 6.42 Å². The molecular weight excluding hydrogens is 226 g/mol. The highest BCUT2D eigenvalue weighted by Crippen LogP contribution is 2.23. The van der Waals surface area contributed by atoms with E-state index in [1.165, 1.54) is 0 Å². The number of hydrogen-bond acceptors (Lipinski definition) is 3. The first-order valence-corrected chi connectivity index (χ1v) is 5.33. The fraction of sp³-hybridized carbons (Fsp3) is 0.167. The van der Waals surface area contributed by atoms with Gasteiger partial charge in [-0.2, -0.15) is 0 Å². The quantitative estimate of drug-likeness (QED) is 0.766. The largest absolute Gasteiger partial charge is 0.433 e. The summed E-state index contributed by atoms with van der Waals surface area (Å²) in [5.41, 5.74) is 1.49. The van der Waals surface area contributed by atoms with Crippen molar-refractivity contribution in [2.45, 2.75) is 13.3 Å². The number of benzene rings is 1. The lowest BCUT2D eigenvalue weighted by atomic mass is 10.2. The van der Waals surface area contributed by atoms with Gasteiger partial charge in [-0.15, -0.1) is 0 Å². The minimum Gasteiger partial charge on any atom is -0.433 e. The maximum atomic E-state index is 10.7. The zero-order valence-corrected chi connectivity index (χ0v) is 9.49. The predicted octanol–water partition coefficient (Wildman–Crippen LogP) is 3.37. The van der Waals surface area contributed by atoms with Crippen molar-refractivity contribution in [2.24, 2.45) is 0 Å². The summed E-state index contributed by atoms with van der Waals surface area (Å²) < 4.78 is 5.36. The molecule has 2 rings (SSSR count). The number of aldehydes is 1. The third kappa shape index (κ3) is 1.99. The number of oxazole rings is 1. The smallest absolute Gasteiger partial charge is 0.227 e. The second kappa shape index (κ2) is 4.49. The molecule has 0 unspecified atom stereocenters. The third-order valence-electron chi connectivity index (χ3n) is 2.26. The Kier molecular flexibility index (Phi) is 3.06. The first-order chi connectivity index (χ1) is 7.74. The van der Waals surface area contributed by atoms with Gasteiger partial charge in [-0.05, 0) is 30.7 Å². The number of hydrogen-bond donors (Lipinski definition) is 0. The molecule has 1 aromatic carbocycles. The molecule has 0 atom stereocenters. The molecule has 0 aliphatic heterocycles. The molecule has 1 heterocycles. The Hall–Kier alpha value is -1.61. The highest BCUT2D eigenvalue weighted by molar-refractivity contribution is 6.30. The molecule has 0 aliphatic rings. The predicted molar refractivity (Wildman–Crippen MR) is 61.7 cm³/mol. The molecule has 0 amide bonds. The van der Waals surface area contributed by atoms with Crippen LogP contribution in [0.2, 0.25) is 5.02 Å². The number of nitrogens with zero attached hydrogens (tertiary/aromatic N) is 1. The normalized spacial score (nSPS) is 10.4. The first kappa shape index (κ1) is 10.9. The van der Waals surface area contributed by atoms with Crippen molar-refractivity contribution in [3.05, 3.63) is 40.7 Å². The van der Waals surface area contributed by atoms with Crippen LogP contribution in [-0.4, -0.2) is 11.3 Å². The Labute approximate surface area is 98.1 Å². The van der Waals surface area contributed by atoms with Gasteiger partial charge in [-0.3, -0.25) is 4.79 Å². The van der Waals surface area contributed by atoms with Crippen LogP contribution in [0.25, 0.3) is 11.5 Å². The van der Waals surface area contributed by atoms with Crippen LogP contribution in [0.3, 0.4) is 0 Å². The van der Waals surface area contributed by atoms with Gasteiger partial charge in [0.05, 0.1) is 5.69 Å². The van der Waals surface area contributed by atoms with Crippen LogP contribution >= 0.6 is 11.6 Å². The van der Waals surface area contributed by atoms with Gasteiger partial charge in [-0.1, -0.05) is 18.5 Å². The highest BCUT2D eigenvalue weighted by atomic mass is 35.5. The van der Waals surface area contributed by atoms with E-state index in [1.54, 1.807) is 12.1 Å². The van der Waals surface area contributed by atoms with Crippen molar-refractivity contribution >= 4 is 17.9 Å². The van der Waals surface area contributed by atoms with E-state index in [-0.39, 0.29) is 0 Å². The molecular formula is C12H10ClNO2. The molecule has 0 N–H and O–H groups in total. The number of aryl methyl sites for hydroxylation is 1. The van der Waals surface area contributed by atoms with Gasteiger partial charge in [0.25, 0.3) is 0 Å². The molecule has 0 saturated carbocycles. The van der Waals surface area contributed by atoms with Crippen LogP contribution in [0.4, 0.5) is 0 Å². The summed E-state index contributed by atoms with van der Waals surface area (Å²) in [6.45, 7) is 1.93. The minimum atomic E-state index is 0.299. The molecule has 4 heteroatoms. The van der Waals surface area contributed by atoms with Crippen molar-refractivity contribution < 1.29 is 9.21 Å². The van der Waals surface area contributed by atoms with Crippen LogP contribution in [0.1, 0.15) is 23.2 Å². The zero-order valence-electron chi connectivity index (χ0n) is 8.74. The summed E-state index contributed by atoms with van der Waals surface area (Å²) in [7, 11) is 0. The Morgan fingerprint density at radius 1 is 1.38 bits per heavy atom. The molecule has 82 valence electrons. The lowest BCUT2D eigenvalue weighted by Gasteiger charge is -1.94. The number of carbonyl (C=O) groups excluding carboxylic acids is 1. The number of carbonyl (C=O) groups is 1. The Morgan fingerprint density at radius 2 is 2.06 bits per heavy atom. The average Bonchev–Trinajstić information content (AvgIpc) is 2.73. The fourth-order valence-electron chi connectivity index (χ4n) is 1.42. The Morgan fingerprint density at radius 3 is 2.56 bits per heavy atom. The number of halogens is 1. The lowest BCUT2D eigenvalue weighted by Crippen LogP contribution is -1.85. The van der Waals surface area contributed by atoms with E-state index in [9.17, 15) is 4.79 Å². The molecule has 0 bridgehead atoms. The molecule has 0 radical (unpaired) electrons. The summed E-state index contributed by atoms with van der Waals surface area (Å²) in [6.07, 6.45) is 1.36. The summed E-state index contributed by atoms with van der Waals surface area (Å²) >= 11 is 5.78. The van der Waals surface area contributed by atoms with Gasteiger partial charge < -0.3 is 4.42 Å². The van der Waals surface area contributed by atoms with Gasteiger partial charge >= 0.3 is 0 Å². The van der Waals surface area contributed by atoms with Crippen LogP contribution in [0, 0.1) is 0 Å². The summed E-state index contributed by atoms with van der Waals surface area (Å²) in [5, 5.41) is 0.654. The number of aromatic nitrogens is 1. The average molecular weight is 236 g/mol. The molecule has 0 aliphatic carbocycles. The van der Waals surface area contributed by atoms with E-state index in [1.807, 2.05) is 19.1 Å². The zero-order chi connectivity index (χ0) is 11.5. The standard InChI is InChI=1S/C12H10ClNO2/c1-2-10-11(7-15)16-12(14-10)8-3-5-9(13)6-4-8/h3-7H,2H2,1H3. The highest BCUT2D eigenvalue weighted by Gasteiger charge is 2.12. The SMILES string of the molecule is CCc1nc(-c2ccc(Cl)cc2)oc1C=O. The second-order valence-corrected chi connectivity index (χ2v) is 3.74. The number of rotatable bonds is 3. The second-order valence-electron chi connectivity index (χ2n) is 3.31. The van der Waals surface area contributed by atoms with E-state index >= 15 is 0 Å². The van der Waals surface area contributed by atoms with Crippen LogP contribution in [0.15, 0.2) is 28.7 Å². The first-order valence-electron chi connectivity index (χ1n) is 4.95. The molecule has 16 heavy (non-hydrogen) atoms. The summed E-state index contributed by atoms with van der Waals surface area (Å²) in [6, 6.07) is 7.13. The maximum absolute atomic E-state index is 10.7. The van der Waals surface area contributed by atoms with Crippen molar-refractivity contribution in [1.29, 1.82) is 0 Å². The molecule has 2 aromatic rings. The molecule has 3 nitrogen and oxygen atoms in total. The fourth-order valence-corrected chi connectivity index (χ4v) is 1.55. The topological polar surface area (TPSA) is 43.1 Å². The van der Waals surface area contributed by atoms with Crippen molar-refractivity contribution in [3.63, 3.8) is 0 Å². The van der Waals surface area contributed by atoms with E-state index in [0.717, 1.165) is 5.56 Å². The van der Waals surface area contributed by atoms with Crippen LogP contribution < -0.4 is 0 Å². The minimum absolute atomic E-state index is 0.299. The summed E-state index contributed by atoms with van der Waals surface area (Å²) in [5.74, 6) is 0.753. The molecule has 0 fully saturated rings. The maximum Gasteiger partial charge on any atom is 0.227 e. The monoisotopic (exact) mass is 235 g/mol. The Balaban J connectivity index is 2.44. The van der Waals surface area contributed by atoms with Gasteiger partial charge in [-0.25, -0.2) is 4.98 Å². The van der Waals surface area contributed by atoms with E-state index in [2.05, 4.69) is 4.98 Å². The van der Waals surface area contributed by atoms with Gasteiger partial charge in [0.2, 0.25) is 5.89 Å². The third-order valence-corrected chi connectivity index (χ3v) is 2.51. The van der Waals surface area contributed by atoms with Crippen LogP contribution in [0.5, 0.6) is 0 Å². The molecule has 1 aromatic heterocycles. The summed E-state index contributed by atoms with van der Waals surface area (Å²) in [4.78, 5) is 15.0. The molecule has 0 saturated heterocycles. The van der Waals surface area contributed by atoms with Gasteiger partial charge in [0.15, 0.2) is 12.0 Å². The van der Waals surface area contributed by atoms with E-state index < -0.39 is 0 Å². The van der Waals surface area contributed by atoms with Gasteiger partial charge in [0.1, 0.15) is 0 Å². The van der Waals surface area contributed by atoms with E-state index in [4.69, 9.17) is 16.0 Å². The lowest BCUT2D eigenvalue weighted by molar-refractivity contribution is 0.110. The Bertz CT molecular complexity index is 502. The van der Waals surface area contributed by atoms with Crippen molar-refractivity contribution in [1.82, 2.24) is 4.98 Å². The van der Waals surface area contributed by atoms with Crippen molar-refractivity contribution in [3.8, 4) is 11.5 Å². The van der Waals surface area contributed by atoms with E-state index in [0.29, 0.717) is 35.1 Å².